The maximum atomic E-state index is 10.0. The molecule has 0 aromatic heterocycles. The van der Waals surface area contributed by atoms with Crippen molar-refractivity contribution in [2.45, 2.75) is 13.1 Å². The van der Waals surface area contributed by atoms with Crippen LogP contribution in [0.5, 0.6) is 0 Å². The van der Waals surface area contributed by atoms with E-state index in [9.17, 15) is 4.80 Å². The van der Waals surface area contributed by atoms with Crippen molar-refractivity contribution in [3.05, 3.63) is 59.7 Å². The lowest BCUT2D eigenvalue weighted by Crippen LogP contribution is -2.41. The topological polar surface area (TPSA) is 46.2 Å². The van der Waals surface area contributed by atoms with Crippen LogP contribution < -0.4 is 10.9 Å². The van der Waals surface area contributed by atoms with Gasteiger partial charge in [0.25, 0.3) is 0 Å². The van der Waals surface area contributed by atoms with Gasteiger partial charge in [0.15, 0.2) is 0 Å². The molecule has 0 bridgehead atoms. The molecule has 0 atom stereocenters. The summed E-state index contributed by atoms with van der Waals surface area (Å²) in [7, 11) is -2.19. The van der Waals surface area contributed by atoms with Crippen molar-refractivity contribution in [3.63, 3.8) is 0 Å². The van der Waals surface area contributed by atoms with Crippen LogP contribution in [0, 0.1) is 0 Å². The summed E-state index contributed by atoms with van der Waals surface area (Å²) in [5.41, 5.74) is 8.67. The highest BCUT2D eigenvalue weighted by atomic mass is 28.4. The van der Waals surface area contributed by atoms with Crippen LogP contribution in [0.3, 0.4) is 0 Å². The summed E-state index contributed by atoms with van der Waals surface area (Å²) in [5.74, 6) is 0. The number of hydrogen-bond acceptors (Lipinski definition) is 2. The standard InChI is InChI=1S/C16H19NOSi/c1-19(2,18)16-11-7-14(8-12-16)4-3-13-5-9-15(17)10-6-13/h3-12,18H,17H2,1-2H3/b4-3+. The summed E-state index contributed by atoms with van der Waals surface area (Å²) in [6, 6.07) is 15.9. The first kappa shape index (κ1) is 13.6. The van der Waals surface area contributed by atoms with E-state index in [1.807, 2.05) is 61.6 Å². The lowest BCUT2D eigenvalue weighted by molar-refractivity contribution is 0.568. The summed E-state index contributed by atoms with van der Waals surface area (Å²) in [6.45, 7) is 3.85. The minimum atomic E-state index is -2.19. The molecule has 0 heterocycles. The zero-order valence-electron chi connectivity index (χ0n) is 11.3. The van der Waals surface area contributed by atoms with E-state index >= 15 is 0 Å². The van der Waals surface area contributed by atoms with Crippen molar-refractivity contribution < 1.29 is 4.80 Å². The highest BCUT2D eigenvalue weighted by Gasteiger charge is 2.19. The van der Waals surface area contributed by atoms with E-state index in [2.05, 4.69) is 12.2 Å². The first-order valence-corrected chi connectivity index (χ1v) is 9.26. The highest BCUT2D eigenvalue weighted by molar-refractivity contribution is 6.83. The SMILES string of the molecule is C[Si](C)(O)c1ccc(/C=C/c2ccc(N)cc2)cc1. The maximum absolute atomic E-state index is 10.0. The summed E-state index contributed by atoms with van der Waals surface area (Å²) < 4.78 is 0. The molecule has 3 heteroatoms. The molecular weight excluding hydrogens is 250 g/mol. The monoisotopic (exact) mass is 269 g/mol. The summed E-state index contributed by atoms with van der Waals surface area (Å²) >= 11 is 0. The van der Waals surface area contributed by atoms with Gasteiger partial charge >= 0.3 is 0 Å². The molecule has 0 aliphatic heterocycles. The second kappa shape index (κ2) is 5.43. The van der Waals surface area contributed by atoms with Crippen LogP contribution in [0.25, 0.3) is 12.2 Å². The van der Waals surface area contributed by atoms with Crippen molar-refractivity contribution in [2.24, 2.45) is 0 Å². The van der Waals surface area contributed by atoms with Crippen LogP contribution in [0.4, 0.5) is 5.69 Å². The number of nitrogen functional groups attached to an aromatic ring is 1. The Balaban J connectivity index is 2.13. The number of nitrogens with two attached hydrogens (primary N) is 1. The molecule has 0 amide bonds. The van der Waals surface area contributed by atoms with Crippen molar-refractivity contribution >= 4 is 31.3 Å². The Bertz CT molecular complexity index is 565. The fourth-order valence-electron chi connectivity index (χ4n) is 1.80. The normalized spacial score (nSPS) is 11.9. The van der Waals surface area contributed by atoms with Crippen LogP contribution in [-0.2, 0) is 0 Å². The molecule has 2 aromatic rings. The lowest BCUT2D eigenvalue weighted by Gasteiger charge is -2.14. The van der Waals surface area contributed by atoms with Crippen LogP contribution in [-0.4, -0.2) is 13.1 Å². The first-order valence-electron chi connectivity index (χ1n) is 6.32. The van der Waals surface area contributed by atoms with Gasteiger partial charge in [0.05, 0.1) is 0 Å². The molecule has 0 saturated carbocycles. The molecule has 0 aliphatic carbocycles. The molecular formula is C16H19NOSi. The van der Waals surface area contributed by atoms with Crippen molar-refractivity contribution in [2.75, 3.05) is 5.73 Å². The molecule has 2 nitrogen and oxygen atoms in total. The Morgan fingerprint density at radius 2 is 1.26 bits per heavy atom. The van der Waals surface area contributed by atoms with Gasteiger partial charge in [0.2, 0.25) is 8.32 Å². The maximum Gasteiger partial charge on any atom is 0.213 e. The zero-order valence-corrected chi connectivity index (χ0v) is 12.3. The van der Waals surface area contributed by atoms with Gasteiger partial charge in [-0.25, -0.2) is 0 Å². The molecule has 2 aromatic carbocycles. The fourth-order valence-corrected chi connectivity index (χ4v) is 2.78. The lowest BCUT2D eigenvalue weighted by atomic mass is 10.1. The van der Waals surface area contributed by atoms with Gasteiger partial charge in [-0.1, -0.05) is 48.6 Å². The van der Waals surface area contributed by atoms with Gasteiger partial charge in [0, 0.05) is 5.69 Å². The largest absolute Gasteiger partial charge is 0.428 e. The number of rotatable bonds is 3. The minimum Gasteiger partial charge on any atom is -0.428 e. The molecule has 98 valence electrons. The van der Waals surface area contributed by atoms with Gasteiger partial charge < -0.3 is 10.5 Å². The van der Waals surface area contributed by atoms with E-state index in [0.717, 1.165) is 22.0 Å². The Hall–Kier alpha value is -1.84. The number of benzene rings is 2. The van der Waals surface area contributed by atoms with Gasteiger partial charge in [-0.2, -0.15) is 0 Å². The molecule has 0 unspecified atom stereocenters. The van der Waals surface area contributed by atoms with E-state index in [-0.39, 0.29) is 0 Å². The Morgan fingerprint density at radius 1 is 0.842 bits per heavy atom. The van der Waals surface area contributed by atoms with E-state index in [1.54, 1.807) is 0 Å². The summed E-state index contributed by atoms with van der Waals surface area (Å²) in [6.07, 6.45) is 4.11. The van der Waals surface area contributed by atoms with Crippen LogP contribution >= 0.6 is 0 Å². The first-order chi connectivity index (χ1) is 8.95. The smallest absolute Gasteiger partial charge is 0.213 e. The van der Waals surface area contributed by atoms with Gasteiger partial charge in [0.1, 0.15) is 0 Å². The van der Waals surface area contributed by atoms with Crippen molar-refractivity contribution in [1.82, 2.24) is 0 Å². The summed E-state index contributed by atoms with van der Waals surface area (Å²) in [4.78, 5) is 10.0. The number of hydrogen-bond donors (Lipinski definition) is 2. The molecule has 0 radical (unpaired) electrons. The van der Waals surface area contributed by atoms with E-state index in [4.69, 9.17) is 5.73 Å². The quantitative estimate of drug-likeness (QED) is 0.511. The molecule has 0 aliphatic rings. The molecule has 2 rings (SSSR count). The van der Waals surface area contributed by atoms with E-state index < -0.39 is 8.32 Å². The second-order valence-corrected chi connectivity index (χ2v) is 8.88. The predicted octanol–water partition coefficient (Wildman–Crippen LogP) is 2.84. The van der Waals surface area contributed by atoms with Crippen LogP contribution in [0.15, 0.2) is 48.5 Å². The Kier molecular flexibility index (Phi) is 3.88. The molecule has 0 saturated heterocycles. The zero-order chi connectivity index (χ0) is 13.9. The predicted molar refractivity (Wildman–Crippen MR) is 85.6 cm³/mol. The number of anilines is 1. The van der Waals surface area contributed by atoms with Crippen molar-refractivity contribution in [3.8, 4) is 0 Å². The van der Waals surface area contributed by atoms with Crippen molar-refractivity contribution in [1.29, 1.82) is 0 Å². The average molecular weight is 269 g/mol. The Labute approximate surface area is 115 Å². The third kappa shape index (κ3) is 3.81. The molecule has 0 spiro atoms. The third-order valence-corrected chi connectivity index (χ3v) is 4.77. The average Bonchev–Trinajstić information content (AvgIpc) is 2.37. The van der Waals surface area contributed by atoms with E-state index in [1.165, 1.54) is 0 Å². The molecule has 3 N–H and O–H groups in total. The second-order valence-electron chi connectivity index (χ2n) is 5.18. The summed E-state index contributed by atoms with van der Waals surface area (Å²) in [5, 5.41) is 1.05. The fraction of sp³-hybridized carbons (Fsp3) is 0.125. The van der Waals surface area contributed by atoms with Crippen LogP contribution in [0.1, 0.15) is 11.1 Å². The minimum absolute atomic E-state index is 0.775. The highest BCUT2D eigenvalue weighted by Crippen LogP contribution is 2.10. The molecule has 19 heavy (non-hydrogen) atoms. The van der Waals surface area contributed by atoms with Gasteiger partial charge in [-0.15, -0.1) is 0 Å². The van der Waals surface area contributed by atoms with Crippen LogP contribution in [0.2, 0.25) is 13.1 Å². The van der Waals surface area contributed by atoms with E-state index in [0.29, 0.717) is 0 Å². The van der Waals surface area contributed by atoms with Gasteiger partial charge in [-0.05, 0) is 41.5 Å². The third-order valence-electron chi connectivity index (χ3n) is 3.02. The molecule has 0 fully saturated rings. The van der Waals surface area contributed by atoms with Gasteiger partial charge in [-0.3, -0.25) is 0 Å². The Morgan fingerprint density at radius 3 is 1.68 bits per heavy atom.